The molecule has 5 rings (SSSR count). The van der Waals surface area contributed by atoms with Gasteiger partial charge in [-0.05, 0) is 31.5 Å². The minimum Gasteiger partial charge on any atom is -0.469 e. The Balaban J connectivity index is 1.35. The third kappa shape index (κ3) is 3.66. The third-order valence-corrected chi connectivity index (χ3v) is 6.09. The Morgan fingerprint density at radius 1 is 1.21 bits per heavy atom. The molecule has 0 radical (unpaired) electrons. The Hall–Kier alpha value is -2.70. The first-order chi connectivity index (χ1) is 14.2. The molecule has 2 aliphatic rings. The van der Waals surface area contributed by atoms with Crippen LogP contribution in [0.1, 0.15) is 34.6 Å². The van der Waals surface area contributed by atoms with Crippen LogP contribution >= 0.6 is 0 Å². The van der Waals surface area contributed by atoms with Gasteiger partial charge in [0.05, 0.1) is 30.6 Å². The maximum Gasteiger partial charge on any atom is 0.223 e. The van der Waals surface area contributed by atoms with Gasteiger partial charge in [-0.2, -0.15) is 0 Å². The molecule has 1 aromatic carbocycles. The lowest BCUT2D eigenvalue weighted by atomic mass is 9.80. The second-order valence-corrected chi connectivity index (χ2v) is 8.14. The van der Waals surface area contributed by atoms with E-state index in [0.29, 0.717) is 12.6 Å². The van der Waals surface area contributed by atoms with Gasteiger partial charge in [-0.3, -0.25) is 4.90 Å². The summed E-state index contributed by atoms with van der Waals surface area (Å²) in [6.45, 7) is 6.94. The summed E-state index contributed by atoms with van der Waals surface area (Å²) in [6, 6.07) is 12.4. The third-order valence-electron chi connectivity index (χ3n) is 6.09. The molecule has 1 atom stereocenters. The minimum absolute atomic E-state index is 0.0582. The summed E-state index contributed by atoms with van der Waals surface area (Å²) in [6.07, 6.45) is 4.75. The van der Waals surface area contributed by atoms with Crippen molar-refractivity contribution in [1.29, 1.82) is 0 Å². The molecule has 1 saturated heterocycles. The average molecular weight is 390 g/mol. The highest BCUT2D eigenvalue weighted by atomic mass is 16.5. The average Bonchev–Trinajstić information content (AvgIpc) is 3.35. The van der Waals surface area contributed by atoms with Gasteiger partial charge in [-0.1, -0.05) is 30.3 Å². The molecule has 1 spiro atoms. The van der Waals surface area contributed by atoms with Crippen LogP contribution in [0.5, 0.6) is 0 Å². The first-order valence-electron chi connectivity index (χ1n) is 10.2. The van der Waals surface area contributed by atoms with E-state index in [2.05, 4.69) is 33.4 Å². The van der Waals surface area contributed by atoms with Crippen molar-refractivity contribution in [3.05, 3.63) is 77.0 Å². The molecule has 6 heteroatoms. The topological polar surface area (TPSA) is 63.4 Å². The van der Waals surface area contributed by atoms with Gasteiger partial charge >= 0.3 is 0 Å². The van der Waals surface area contributed by atoms with E-state index in [9.17, 15) is 0 Å². The number of hydrogen-bond donors (Lipinski definition) is 1. The molecule has 1 N–H and O–H groups in total. The Kier molecular flexibility index (Phi) is 4.81. The monoisotopic (exact) mass is 390 g/mol. The second kappa shape index (κ2) is 7.61. The number of anilines is 1. The highest BCUT2D eigenvalue weighted by molar-refractivity contribution is 5.37. The van der Waals surface area contributed by atoms with Gasteiger partial charge in [0.15, 0.2) is 0 Å². The number of likely N-dealkylation sites (tertiary alicyclic amines) is 1. The molecule has 29 heavy (non-hydrogen) atoms. The van der Waals surface area contributed by atoms with Crippen molar-refractivity contribution < 1.29 is 9.15 Å². The van der Waals surface area contributed by atoms with Gasteiger partial charge in [0.25, 0.3) is 0 Å². The van der Waals surface area contributed by atoms with E-state index in [-0.39, 0.29) is 5.41 Å². The molecule has 1 unspecified atom stereocenters. The Labute approximate surface area is 170 Å². The van der Waals surface area contributed by atoms with Crippen LogP contribution < -0.4 is 5.32 Å². The molecule has 2 aliphatic heterocycles. The van der Waals surface area contributed by atoms with Gasteiger partial charge in [0, 0.05) is 37.0 Å². The number of benzene rings is 1. The zero-order valence-corrected chi connectivity index (χ0v) is 16.7. The van der Waals surface area contributed by atoms with E-state index in [0.717, 1.165) is 56.2 Å². The predicted octanol–water partition coefficient (Wildman–Crippen LogP) is 3.66. The van der Waals surface area contributed by atoms with Crippen molar-refractivity contribution >= 4 is 5.95 Å². The summed E-state index contributed by atoms with van der Waals surface area (Å²) in [4.78, 5) is 12.0. The van der Waals surface area contributed by atoms with Crippen molar-refractivity contribution in [2.45, 2.75) is 38.5 Å². The Morgan fingerprint density at radius 3 is 2.93 bits per heavy atom. The number of furan rings is 1. The van der Waals surface area contributed by atoms with E-state index < -0.39 is 0 Å². The van der Waals surface area contributed by atoms with Crippen molar-refractivity contribution in [3.63, 3.8) is 0 Å². The highest BCUT2D eigenvalue weighted by Crippen LogP contribution is 2.39. The molecule has 6 nitrogen and oxygen atoms in total. The number of aryl methyl sites for hydroxylation is 1. The summed E-state index contributed by atoms with van der Waals surface area (Å²) in [5, 5.41) is 3.38. The van der Waals surface area contributed by atoms with Gasteiger partial charge in [-0.15, -0.1) is 0 Å². The largest absolute Gasteiger partial charge is 0.469 e. The number of nitrogens with zero attached hydrogens (tertiary/aromatic N) is 3. The molecular weight excluding hydrogens is 364 g/mol. The quantitative estimate of drug-likeness (QED) is 0.717. The van der Waals surface area contributed by atoms with Crippen molar-refractivity contribution in [1.82, 2.24) is 14.9 Å². The number of rotatable bonds is 5. The zero-order chi connectivity index (χ0) is 19.7. The summed E-state index contributed by atoms with van der Waals surface area (Å²) in [5.41, 5.74) is 4.68. The van der Waals surface area contributed by atoms with Crippen LogP contribution in [0.25, 0.3) is 0 Å². The van der Waals surface area contributed by atoms with Crippen LogP contribution in [-0.4, -0.2) is 34.6 Å². The van der Waals surface area contributed by atoms with Crippen LogP contribution in [0.3, 0.4) is 0 Å². The maximum atomic E-state index is 5.96. The molecule has 4 heterocycles. The zero-order valence-electron chi connectivity index (χ0n) is 16.7. The fourth-order valence-electron chi connectivity index (χ4n) is 4.48. The van der Waals surface area contributed by atoms with Gasteiger partial charge in [0.1, 0.15) is 5.76 Å². The molecule has 0 aliphatic carbocycles. The fourth-order valence-corrected chi connectivity index (χ4v) is 4.48. The van der Waals surface area contributed by atoms with Crippen molar-refractivity contribution in [2.24, 2.45) is 0 Å². The summed E-state index contributed by atoms with van der Waals surface area (Å²) in [7, 11) is 0. The number of aromatic nitrogens is 2. The van der Waals surface area contributed by atoms with Gasteiger partial charge in [0.2, 0.25) is 5.95 Å². The summed E-state index contributed by atoms with van der Waals surface area (Å²) >= 11 is 0. The van der Waals surface area contributed by atoms with E-state index in [1.165, 1.54) is 11.1 Å². The Morgan fingerprint density at radius 2 is 2.10 bits per heavy atom. The van der Waals surface area contributed by atoms with Crippen molar-refractivity contribution in [3.8, 4) is 0 Å². The van der Waals surface area contributed by atoms with E-state index >= 15 is 0 Å². The standard InChI is InChI=1S/C23H26N4O2/c1-17-19(7-10-29-17)13-27-9-8-23(15-27)16-28-14-20-12-25-22(26-21(20)23)24-11-18-5-3-2-4-6-18/h2-7,10,12H,8-9,11,13-16H2,1H3,(H,24,25,26). The number of ether oxygens (including phenoxy) is 1. The minimum atomic E-state index is -0.0582. The van der Waals surface area contributed by atoms with Crippen molar-refractivity contribution in [2.75, 3.05) is 25.0 Å². The number of fused-ring (bicyclic) bond motifs is 2. The molecule has 3 aromatic rings. The number of hydrogen-bond acceptors (Lipinski definition) is 6. The lowest BCUT2D eigenvalue weighted by molar-refractivity contribution is 0.0503. The Bertz CT molecular complexity index is 988. The predicted molar refractivity (Wildman–Crippen MR) is 110 cm³/mol. The van der Waals surface area contributed by atoms with Gasteiger partial charge < -0.3 is 14.5 Å². The number of nitrogens with one attached hydrogen (secondary N) is 1. The molecule has 0 amide bonds. The van der Waals surface area contributed by atoms with E-state index in [1.54, 1.807) is 6.26 Å². The highest BCUT2D eigenvalue weighted by Gasteiger charge is 2.45. The summed E-state index contributed by atoms with van der Waals surface area (Å²) in [5.74, 6) is 1.69. The first kappa shape index (κ1) is 18.3. The SMILES string of the molecule is Cc1occc1CN1CCC2(COCc3cnc(NCc4ccccc4)nc32)C1. The van der Waals surface area contributed by atoms with Crippen LogP contribution in [0.4, 0.5) is 5.95 Å². The van der Waals surface area contributed by atoms with Crippen LogP contribution in [0.15, 0.2) is 53.3 Å². The smallest absolute Gasteiger partial charge is 0.223 e. The summed E-state index contributed by atoms with van der Waals surface area (Å²) < 4.78 is 11.4. The van der Waals surface area contributed by atoms with E-state index in [4.69, 9.17) is 14.1 Å². The molecule has 0 saturated carbocycles. The fraction of sp³-hybridized carbons (Fsp3) is 0.391. The maximum absolute atomic E-state index is 5.96. The molecule has 1 fully saturated rings. The lowest BCUT2D eigenvalue weighted by Crippen LogP contribution is -2.40. The van der Waals surface area contributed by atoms with E-state index in [1.807, 2.05) is 31.3 Å². The lowest BCUT2D eigenvalue weighted by Gasteiger charge is -2.34. The molecular formula is C23H26N4O2. The molecule has 2 aromatic heterocycles. The normalized spacial score (nSPS) is 21.4. The molecule has 150 valence electrons. The first-order valence-corrected chi connectivity index (χ1v) is 10.2. The van der Waals surface area contributed by atoms with Gasteiger partial charge in [-0.25, -0.2) is 9.97 Å². The molecule has 0 bridgehead atoms. The second-order valence-electron chi connectivity index (χ2n) is 8.14. The van der Waals surface area contributed by atoms with Crippen LogP contribution in [-0.2, 0) is 29.8 Å². The van der Waals surface area contributed by atoms with Crippen LogP contribution in [0.2, 0.25) is 0 Å². The van der Waals surface area contributed by atoms with Crippen LogP contribution in [0, 0.1) is 6.92 Å².